The monoisotopic (exact) mass is 708 g/mol. The van der Waals surface area contributed by atoms with E-state index in [4.69, 9.17) is 9.47 Å². The Morgan fingerprint density at radius 3 is 2.51 bits per heavy atom. The van der Waals surface area contributed by atoms with Crippen molar-refractivity contribution in [3.05, 3.63) is 62.6 Å². The number of nitro groups is 1. The number of hydrogen-bond acceptors (Lipinski definition) is 8. The molecular weight excluding hydrogens is 668 g/mol. The Labute approximate surface area is 273 Å². The Hall–Kier alpha value is -3.23. The maximum atomic E-state index is 14.2. The number of likely N-dealkylation sites (tertiary alicyclic amines) is 1. The summed E-state index contributed by atoms with van der Waals surface area (Å²) in [4.78, 5) is 41.4. The lowest BCUT2D eigenvalue weighted by atomic mass is 9.86. The summed E-state index contributed by atoms with van der Waals surface area (Å²) in [5.74, 6) is -0.0527. The van der Waals surface area contributed by atoms with E-state index in [1.165, 1.54) is 22.5 Å². The molecule has 14 heteroatoms. The van der Waals surface area contributed by atoms with Gasteiger partial charge in [-0.1, -0.05) is 22.0 Å². The van der Waals surface area contributed by atoms with Crippen molar-refractivity contribution in [2.75, 3.05) is 32.8 Å². The first-order valence-corrected chi connectivity index (χ1v) is 17.3. The molecule has 12 nitrogen and oxygen atoms in total. The number of sulfonamides is 1. The van der Waals surface area contributed by atoms with Gasteiger partial charge >= 0.3 is 6.09 Å². The smallest absolute Gasteiger partial charge is 0.410 e. The maximum Gasteiger partial charge on any atom is 0.410 e. The largest absolute Gasteiger partial charge is 0.491 e. The van der Waals surface area contributed by atoms with Gasteiger partial charge in [0.05, 0.1) is 15.4 Å². The van der Waals surface area contributed by atoms with Crippen molar-refractivity contribution in [2.45, 2.75) is 76.5 Å². The molecule has 0 saturated carbocycles. The molecule has 45 heavy (non-hydrogen) atoms. The minimum atomic E-state index is -4.13. The highest BCUT2D eigenvalue weighted by atomic mass is 79.9. The Bertz CT molecular complexity index is 1530. The number of non-ortho nitro benzene ring substituents is 1. The van der Waals surface area contributed by atoms with Crippen LogP contribution >= 0.6 is 15.9 Å². The number of benzene rings is 2. The second-order valence-electron chi connectivity index (χ2n) is 12.6. The molecule has 2 amide bonds. The highest BCUT2D eigenvalue weighted by molar-refractivity contribution is 9.10. The van der Waals surface area contributed by atoms with Crippen LogP contribution in [-0.4, -0.2) is 89.9 Å². The zero-order chi connectivity index (χ0) is 33.1. The molecule has 0 N–H and O–H groups in total. The third-order valence-electron chi connectivity index (χ3n) is 7.91. The fourth-order valence-corrected chi connectivity index (χ4v) is 7.77. The van der Waals surface area contributed by atoms with Crippen LogP contribution < -0.4 is 4.74 Å². The predicted octanol–water partition coefficient (Wildman–Crippen LogP) is 5.70. The number of hydrogen-bond donors (Lipinski definition) is 0. The molecule has 246 valence electrons. The van der Waals surface area contributed by atoms with Gasteiger partial charge in [0.15, 0.2) is 0 Å². The van der Waals surface area contributed by atoms with Crippen LogP contribution in [0.3, 0.4) is 0 Å². The van der Waals surface area contributed by atoms with Crippen molar-refractivity contribution in [1.82, 2.24) is 14.1 Å². The number of nitro benzene ring substituents is 1. The van der Waals surface area contributed by atoms with Crippen molar-refractivity contribution in [3.63, 3.8) is 0 Å². The average molecular weight is 710 g/mol. The van der Waals surface area contributed by atoms with Crippen LogP contribution in [0.15, 0.2) is 51.8 Å². The lowest BCUT2D eigenvalue weighted by molar-refractivity contribution is -0.385. The van der Waals surface area contributed by atoms with Crippen molar-refractivity contribution in [1.29, 1.82) is 0 Å². The van der Waals surface area contributed by atoms with Crippen molar-refractivity contribution >= 4 is 43.6 Å². The normalized spacial score (nSPS) is 20.6. The van der Waals surface area contributed by atoms with Crippen LogP contribution in [0.4, 0.5) is 10.5 Å². The summed E-state index contributed by atoms with van der Waals surface area (Å²) >= 11 is 3.47. The van der Waals surface area contributed by atoms with Crippen LogP contribution in [0.25, 0.3) is 0 Å². The van der Waals surface area contributed by atoms with Crippen LogP contribution in [-0.2, 0) is 14.8 Å². The number of piperidine rings is 1. The number of fused-ring (bicyclic) bond motifs is 2. The van der Waals surface area contributed by atoms with E-state index in [9.17, 15) is 28.1 Å². The van der Waals surface area contributed by atoms with Crippen molar-refractivity contribution in [3.8, 4) is 5.75 Å². The number of nitrogens with zero attached hydrogens (tertiary/aromatic N) is 4. The number of amides is 2. The minimum absolute atomic E-state index is 0.0409. The molecule has 2 atom stereocenters. The summed E-state index contributed by atoms with van der Waals surface area (Å²) in [5.41, 5.74) is -0.646. The fraction of sp³-hybridized carbons (Fsp3) is 0.548. The van der Waals surface area contributed by atoms with Gasteiger partial charge in [-0.15, -0.1) is 0 Å². The summed E-state index contributed by atoms with van der Waals surface area (Å²) in [5, 5.41) is 11.4. The van der Waals surface area contributed by atoms with E-state index in [1.807, 2.05) is 39.5 Å². The molecule has 0 bridgehead atoms. The Kier molecular flexibility index (Phi) is 10.8. The first kappa shape index (κ1) is 34.6. The van der Waals surface area contributed by atoms with E-state index in [0.29, 0.717) is 48.1 Å². The van der Waals surface area contributed by atoms with Gasteiger partial charge in [-0.05, 0) is 84.1 Å². The predicted molar refractivity (Wildman–Crippen MR) is 172 cm³/mol. The highest BCUT2D eigenvalue weighted by Crippen LogP contribution is 2.33. The molecule has 2 aromatic rings. The molecule has 2 aliphatic heterocycles. The molecule has 0 radical (unpaired) electrons. The van der Waals surface area contributed by atoms with E-state index in [-0.39, 0.29) is 54.2 Å². The topological polar surface area (TPSA) is 140 Å². The van der Waals surface area contributed by atoms with Crippen LogP contribution in [0.5, 0.6) is 5.75 Å². The summed E-state index contributed by atoms with van der Waals surface area (Å²) in [6, 6.07) is 9.72. The van der Waals surface area contributed by atoms with Crippen LogP contribution in [0.2, 0.25) is 0 Å². The second-order valence-corrected chi connectivity index (χ2v) is 15.5. The van der Waals surface area contributed by atoms with Gasteiger partial charge in [-0.3, -0.25) is 14.9 Å². The molecule has 2 aliphatic rings. The molecule has 2 aromatic carbocycles. The number of carbonyl (C=O) groups excluding carboxylic acids is 2. The Morgan fingerprint density at radius 2 is 1.84 bits per heavy atom. The third kappa shape index (κ3) is 8.33. The molecule has 1 saturated heterocycles. The summed E-state index contributed by atoms with van der Waals surface area (Å²) in [6.45, 7) is 10.1. The van der Waals surface area contributed by atoms with E-state index < -0.39 is 26.6 Å². The number of rotatable bonds is 4. The quantitative estimate of drug-likeness (QED) is 0.291. The first-order chi connectivity index (χ1) is 21.1. The van der Waals surface area contributed by atoms with E-state index >= 15 is 0 Å². The molecule has 1 fully saturated rings. The van der Waals surface area contributed by atoms with Crippen LogP contribution in [0.1, 0.15) is 64.2 Å². The van der Waals surface area contributed by atoms with Crippen molar-refractivity contribution in [2.24, 2.45) is 5.92 Å². The molecular formula is C31H41BrN4O8S. The van der Waals surface area contributed by atoms with Gasteiger partial charge in [0.25, 0.3) is 11.6 Å². The average Bonchev–Trinajstić information content (AvgIpc) is 2.97. The summed E-state index contributed by atoms with van der Waals surface area (Å²) < 4.78 is 41.3. The fourth-order valence-electron chi connectivity index (χ4n) is 5.91. The first-order valence-electron chi connectivity index (χ1n) is 15.1. The molecule has 0 spiro atoms. The number of ether oxygens (including phenoxy) is 2. The third-order valence-corrected chi connectivity index (χ3v) is 10.3. The summed E-state index contributed by atoms with van der Waals surface area (Å²) in [6.07, 6.45) is 1.04. The van der Waals surface area contributed by atoms with Crippen molar-refractivity contribution < 1.29 is 32.4 Å². The van der Waals surface area contributed by atoms with E-state index in [0.717, 1.165) is 6.07 Å². The molecule has 0 aromatic heterocycles. The second kappa shape index (κ2) is 14.0. The van der Waals surface area contributed by atoms with E-state index in [2.05, 4.69) is 15.9 Å². The van der Waals surface area contributed by atoms with Gasteiger partial charge in [-0.2, -0.15) is 4.31 Å². The van der Waals surface area contributed by atoms with Gasteiger partial charge in [0.1, 0.15) is 18.0 Å². The van der Waals surface area contributed by atoms with Gasteiger partial charge in [0, 0.05) is 54.9 Å². The van der Waals surface area contributed by atoms with Gasteiger partial charge < -0.3 is 19.3 Å². The number of halogens is 1. The maximum absolute atomic E-state index is 14.2. The molecule has 2 heterocycles. The van der Waals surface area contributed by atoms with Gasteiger partial charge in [0.2, 0.25) is 10.0 Å². The van der Waals surface area contributed by atoms with E-state index in [1.54, 1.807) is 23.1 Å². The molecule has 2 unspecified atom stereocenters. The molecule has 0 aliphatic carbocycles. The zero-order valence-electron chi connectivity index (χ0n) is 26.3. The minimum Gasteiger partial charge on any atom is -0.491 e. The number of carbonyl (C=O) groups is 2. The standard InChI is InChI=1S/C31H41BrN4O8S/c1-21(2)35-27-13-15-33(30(38)44-31(3,4)5)20-22(27)8-7-14-34(45(41,42)25-10-6-9-24(19-25)36(39)40)16-17-43-28-12-11-23(32)18-26(28)29(35)37/h6,9-12,18-19,21-22,27H,7-8,13-17,20H2,1-5H3. The SMILES string of the molecule is CC(C)N1C(=O)c2cc(Br)ccc2OCCN(S(=O)(=O)c2cccc([N+](=O)[O-])c2)CCCC2CN(C(=O)OC(C)(C)C)CCC21. The van der Waals surface area contributed by atoms with Crippen LogP contribution in [0, 0.1) is 16.0 Å². The van der Waals surface area contributed by atoms with Gasteiger partial charge in [-0.25, -0.2) is 13.2 Å². The molecule has 4 rings (SSSR count). The highest BCUT2D eigenvalue weighted by Gasteiger charge is 2.40. The lowest BCUT2D eigenvalue weighted by Crippen LogP contribution is -2.56. The summed E-state index contributed by atoms with van der Waals surface area (Å²) in [7, 11) is -4.13. The lowest BCUT2D eigenvalue weighted by Gasteiger charge is -2.46. The Morgan fingerprint density at radius 1 is 1.11 bits per heavy atom. The Balaban J connectivity index is 1.73. The zero-order valence-corrected chi connectivity index (χ0v) is 28.7.